The second-order valence-corrected chi connectivity index (χ2v) is 4.00. The molecule has 1 rings (SSSR count). The van der Waals surface area contributed by atoms with Crippen LogP contribution in [0.5, 0.6) is 0 Å². The van der Waals surface area contributed by atoms with Gasteiger partial charge in [-0.15, -0.1) is 0 Å². The van der Waals surface area contributed by atoms with Crippen LogP contribution in [0.1, 0.15) is 22.8 Å². The Morgan fingerprint density at radius 1 is 1.00 bits per heavy atom. The summed E-state index contributed by atoms with van der Waals surface area (Å²) in [6, 6.07) is 6.65. The highest BCUT2D eigenvalue weighted by atomic mass is 16.4. The number of aryl methyl sites for hydroxylation is 1. The molecule has 0 unspecified atom stereocenters. The molecule has 0 fully saturated rings. The van der Waals surface area contributed by atoms with Gasteiger partial charge in [-0.25, -0.2) is 0 Å². The summed E-state index contributed by atoms with van der Waals surface area (Å²) in [7, 11) is 0. The predicted octanol–water partition coefficient (Wildman–Crippen LogP) is 0.860. The lowest BCUT2D eigenvalue weighted by molar-refractivity contribution is -0.140. The van der Waals surface area contributed by atoms with Crippen LogP contribution in [0.3, 0.4) is 0 Å². The highest BCUT2D eigenvalue weighted by Crippen LogP contribution is 2.08. The smallest absolute Gasteiger partial charge is 0.323 e. The first-order chi connectivity index (χ1) is 8.93. The minimum absolute atomic E-state index is 0.278. The van der Waals surface area contributed by atoms with Gasteiger partial charge in [-0.3, -0.25) is 14.4 Å². The van der Waals surface area contributed by atoms with Crippen molar-refractivity contribution >= 4 is 17.8 Å². The number of hydrogen-bond donors (Lipinski definition) is 2. The second kappa shape index (κ2) is 6.53. The van der Waals surface area contributed by atoms with E-state index in [2.05, 4.69) is 0 Å². The first kappa shape index (κ1) is 14.7. The summed E-state index contributed by atoms with van der Waals surface area (Å²) in [5, 5.41) is 17.4. The van der Waals surface area contributed by atoms with E-state index < -0.39 is 30.9 Å². The number of carboxylic acid groups (broad SMARTS) is 2. The van der Waals surface area contributed by atoms with E-state index in [9.17, 15) is 14.4 Å². The van der Waals surface area contributed by atoms with E-state index in [0.29, 0.717) is 0 Å². The summed E-state index contributed by atoms with van der Waals surface area (Å²) in [5.41, 5.74) is 1.32. The molecule has 0 radical (unpaired) electrons. The van der Waals surface area contributed by atoms with Crippen LogP contribution in [-0.4, -0.2) is 46.0 Å². The third kappa shape index (κ3) is 4.42. The Balaban J connectivity index is 2.90. The molecule has 2 N–H and O–H groups in total. The topological polar surface area (TPSA) is 94.9 Å². The van der Waals surface area contributed by atoms with E-state index in [1.807, 2.05) is 6.92 Å². The molecular weight excluding hydrogens is 250 g/mol. The van der Waals surface area contributed by atoms with Gasteiger partial charge in [0, 0.05) is 5.56 Å². The van der Waals surface area contributed by atoms with Gasteiger partial charge >= 0.3 is 11.9 Å². The lowest BCUT2D eigenvalue weighted by Gasteiger charge is -2.18. The fraction of sp³-hybridized carbons (Fsp3) is 0.308. The second-order valence-electron chi connectivity index (χ2n) is 4.00. The van der Waals surface area contributed by atoms with Gasteiger partial charge in [0.2, 0.25) is 0 Å². The molecule has 0 aliphatic carbocycles. The fourth-order valence-corrected chi connectivity index (χ4v) is 1.59. The van der Waals surface area contributed by atoms with Crippen molar-refractivity contribution in [2.75, 3.05) is 13.1 Å². The first-order valence-electron chi connectivity index (χ1n) is 5.75. The van der Waals surface area contributed by atoms with Gasteiger partial charge < -0.3 is 15.1 Å². The summed E-state index contributed by atoms with van der Waals surface area (Å²) >= 11 is 0. The molecule has 0 atom stereocenters. The van der Waals surface area contributed by atoms with Gasteiger partial charge in [-0.1, -0.05) is 19.1 Å². The zero-order valence-electron chi connectivity index (χ0n) is 10.5. The zero-order chi connectivity index (χ0) is 14.4. The van der Waals surface area contributed by atoms with Gasteiger partial charge in [0.25, 0.3) is 5.91 Å². The van der Waals surface area contributed by atoms with E-state index in [1.54, 1.807) is 24.3 Å². The minimum Gasteiger partial charge on any atom is -0.480 e. The molecule has 1 aromatic carbocycles. The Morgan fingerprint density at radius 2 is 1.47 bits per heavy atom. The van der Waals surface area contributed by atoms with Crippen molar-refractivity contribution in [1.29, 1.82) is 0 Å². The number of hydrogen-bond acceptors (Lipinski definition) is 3. The molecule has 0 aliphatic heterocycles. The minimum atomic E-state index is -1.25. The maximum Gasteiger partial charge on any atom is 0.323 e. The molecule has 6 nitrogen and oxygen atoms in total. The number of carbonyl (C=O) groups excluding carboxylic acids is 1. The van der Waals surface area contributed by atoms with Gasteiger partial charge in [0.05, 0.1) is 0 Å². The summed E-state index contributed by atoms with van der Waals surface area (Å²) in [6.07, 6.45) is 0.822. The molecule has 0 heterocycles. The number of rotatable bonds is 6. The predicted molar refractivity (Wildman–Crippen MR) is 67.0 cm³/mol. The van der Waals surface area contributed by atoms with Crippen molar-refractivity contribution in [1.82, 2.24) is 4.90 Å². The maximum absolute atomic E-state index is 12.0. The van der Waals surface area contributed by atoms with Crippen molar-refractivity contribution in [2.45, 2.75) is 13.3 Å². The van der Waals surface area contributed by atoms with E-state index in [-0.39, 0.29) is 5.56 Å². The molecule has 0 spiro atoms. The standard InChI is InChI=1S/C13H15NO5/c1-2-9-3-5-10(6-4-9)13(19)14(7-11(15)16)8-12(17)18/h3-6H,2,7-8H2,1H3,(H,15,16)(H,17,18). The highest BCUT2D eigenvalue weighted by Gasteiger charge is 2.20. The first-order valence-corrected chi connectivity index (χ1v) is 5.75. The van der Waals surface area contributed by atoms with Crippen LogP contribution in [0.25, 0.3) is 0 Å². The number of carboxylic acids is 2. The summed E-state index contributed by atoms with van der Waals surface area (Å²) in [6.45, 7) is 0.694. The number of amides is 1. The van der Waals surface area contributed by atoms with Crippen molar-refractivity contribution in [2.24, 2.45) is 0 Å². The van der Waals surface area contributed by atoms with Gasteiger partial charge in [0.15, 0.2) is 0 Å². The van der Waals surface area contributed by atoms with E-state index in [0.717, 1.165) is 16.9 Å². The summed E-state index contributed by atoms with van der Waals surface area (Å²) < 4.78 is 0. The SMILES string of the molecule is CCc1ccc(C(=O)N(CC(=O)O)CC(=O)O)cc1. The van der Waals surface area contributed by atoms with Crippen molar-refractivity contribution in [3.8, 4) is 0 Å². The van der Waals surface area contributed by atoms with E-state index >= 15 is 0 Å². The number of carbonyl (C=O) groups is 3. The molecule has 0 saturated heterocycles. The third-order valence-corrected chi connectivity index (χ3v) is 2.55. The van der Waals surface area contributed by atoms with Crippen molar-refractivity contribution in [3.05, 3.63) is 35.4 Å². The Morgan fingerprint density at radius 3 is 1.84 bits per heavy atom. The highest BCUT2D eigenvalue weighted by molar-refractivity contribution is 5.97. The van der Waals surface area contributed by atoms with Crippen LogP contribution >= 0.6 is 0 Å². The molecule has 1 amide bonds. The largest absolute Gasteiger partial charge is 0.480 e. The molecular formula is C13H15NO5. The van der Waals surface area contributed by atoms with Crippen LogP contribution in [0, 0.1) is 0 Å². The Kier molecular flexibility index (Phi) is 5.05. The average Bonchev–Trinajstić information content (AvgIpc) is 2.36. The molecule has 0 bridgehead atoms. The van der Waals surface area contributed by atoms with E-state index in [1.165, 1.54) is 0 Å². The molecule has 0 aromatic heterocycles. The molecule has 1 aromatic rings. The van der Waals surface area contributed by atoms with Crippen LogP contribution in [0.15, 0.2) is 24.3 Å². The molecule has 0 aliphatic rings. The van der Waals surface area contributed by atoms with Gasteiger partial charge in [-0.05, 0) is 24.1 Å². The monoisotopic (exact) mass is 265 g/mol. The number of nitrogens with zero attached hydrogens (tertiary/aromatic N) is 1. The third-order valence-electron chi connectivity index (χ3n) is 2.55. The van der Waals surface area contributed by atoms with Crippen LogP contribution in [-0.2, 0) is 16.0 Å². The lowest BCUT2D eigenvalue weighted by atomic mass is 10.1. The zero-order valence-corrected chi connectivity index (χ0v) is 10.5. The molecule has 0 saturated carbocycles. The Hall–Kier alpha value is -2.37. The molecule has 102 valence electrons. The lowest BCUT2D eigenvalue weighted by Crippen LogP contribution is -2.39. The van der Waals surface area contributed by atoms with Gasteiger partial charge in [0.1, 0.15) is 13.1 Å². The van der Waals surface area contributed by atoms with Crippen molar-refractivity contribution < 1.29 is 24.6 Å². The quantitative estimate of drug-likeness (QED) is 0.795. The van der Waals surface area contributed by atoms with Gasteiger partial charge in [-0.2, -0.15) is 0 Å². The normalized spacial score (nSPS) is 9.95. The Bertz CT molecular complexity index is 464. The number of aliphatic carboxylic acids is 2. The van der Waals surface area contributed by atoms with Crippen LogP contribution < -0.4 is 0 Å². The Labute approximate surface area is 110 Å². The van der Waals surface area contributed by atoms with E-state index in [4.69, 9.17) is 10.2 Å². The summed E-state index contributed by atoms with van der Waals surface area (Å²) in [5.74, 6) is -3.10. The molecule has 6 heteroatoms. The van der Waals surface area contributed by atoms with Crippen LogP contribution in [0.4, 0.5) is 0 Å². The fourth-order valence-electron chi connectivity index (χ4n) is 1.59. The summed E-state index contributed by atoms with van der Waals surface area (Å²) in [4.78, 5) is 34.1. The number of benzene rings is 1. The maximum atomic E-state index is 12.0. The average molecular weight is 265 g/mol. The van der Waals surface area contributed by atoms with Crippen LogP contribution in [0.2, 0.25) is 0 Å². The van der Waals surface area contributed by atoms with Crippen molar-refractivity contribution in [3.63, 3.8) is 0 Å². The molecule has 19 heavy (non-hydrogen) atoms.